The SMILES string of the molecule is COc1ccc([C@@H]2CC(c3ccccc3)=NN2C(=O)COC(=O)CSc2nccs2)cc1. The lowest BCUT2D eigenvalue weighted by Gasteiger charge is -2.22. The van der Waals surface area contributed by atoms with E-state index in [1.165, 1.54) is 28.1 Å². The molecule has 1 aliphatic heterocycles. The van der Waals surface area contributed by atoms with Crippen LogP contribution in [0.15, 0.2) is 75.6 Å². The van der Waals surface area contributed by atoms with Crippen molar-refractivity contribution >= 4 is 40.7 Å². The number of thiazole rings is 1. The van der Waals surface area contributed by atoms with Gasteiger partial charge in [-0.05, 0) is 23.3 Å². The van der Waals surface area contributed by atoms with Gasteiger partial charge in [0, 0.05) is 18.0 Å². The molecule has 1 aromatic heterocycles. The second-order valence-electron chi connectivity index (χ2n) is 6.89. The van der Waals surface area contributed by atoms with E-state index in [0.29, 0.717) is 6.42 Å². The predicted molar refractivity (Wildman–Crippen MR) is 124 cm³/mol. The van der Waals surface area contributed by atoms with Crippen LogP contribution in [0.1, 0.15) is 23.6 Å². The van der Waals surface area contributed by atoms with Gasteiger partial charge in [0.25, 0.3) is 5.91 Å². The zero-order valence-electron chi connectivity index (χ0n) is 17.3. The molecule has 0 saturated heterocycles. The highest BCUT2D eigenvalue weighted by molar-refractivity contribution is 8.01. The van der Waals surface area contributed by atoms with E-state index >= 15 is 0 Å². The topological polar surface area (TPSA) is 81.1 Å². The van der Waals surface area contributed by atoms with Crippen LogP contribution in [0.3, 0.4) is 0 Å². The summed E-state index contributed by atoms with van der Waals surface area (Å²) in [5, 5.41) is 7.85. The Balaban J connectivity index is 1.45. The molecule has 4 rings (SSSR count). The number of aromatic nitrogens is 1. The van der Waals surface area contributed by atoms with E-state index in [4.69, 9.17) is 9.47 Å². The number of esters is 1. The molecule has 0 radical (unpaired) electrons. The summed E-state index contributed by atoms with van der Waals surface area (Å²) in [5.41, 5.74) is 2.70. The van der Waals surface area contributed by atoms with Gasteiger partial charge < -0.3 is 9.47 Å². The Morgan fingerprint density at radius 2 is 1.94 bits per heavy atom. The Labute approximate surface area is 194 Å². The number of hydrogen-bond acceptors (Lipinski definition) is 8. The number of thioether (sulfide) groups is 1. The molecular formula is C23H21N3O4S2. The van der Waals surface area contributed by atoms with Gasteiger partial charge in [0.15, 0.2) is 6.61 Å². The lowest BCUT2D eigenvalue weighted by atomic mass is 9.98. The summed E-state index contributed by atoms with van der Waals surface area (Å²) in [7, 11) is 1.61. The van der Waals surface area contributed by atoms with Crippen molar-refractivity contribution in [1.29, 1.82) is 0 Å². The number of hydrazone groups is 1. The lowest BCUT2D eigenvalue weighted by Crippen LogP contribution is -2.31. The Morgan fingerprint density at radius 1 is 1.16 bits per heavy atom. The average Bonchev–Trinajstić information content (AvgIpc) is 3.52. The first-order valence-electron chi connectivity index (χ1n) is 9.91. The molecule has 2 heterocycles. The van der Waals surface area contributed by atoms with E-state index < -0.39 is 5.97 Å². The van der Waals surface area contributed by atoms with Crippen LogP contribution >= 0.6 is 23.1 Å². The largest absolute Gasteiger partial charge is 0.497 e. The van der Waals surface area contributed by atoms with Crippen LogP contribution in [0.4, 0.5) is 0 Å². The quantitative estimate of drug-likeness (QED) is 0.365. The van der Waals surface area contributed by atoms with Gasteiger partial charge in [-0.15, -0.1) is 11.3 Å². The third-order valence-corrected chi connectivity index (χ3v) is 6.79. The molecule has 0 spiro atoms. The molecule has 1 atom stereocenters. The van der Waals surface area contributed by atoms with Crippen LogP contribution < -0.4 is 4.74 Å². The zero-order valence-corrected chi connectivity index (χ0v) is 19.0. The highest BCUT2D eigenvalue weighted by atomic mass is 32.2. The molecule has 0 unspecified atom stereocenters. The molecule has 164 valence electrons. The number of rotatable bonds is 8. The third kappa shape index (κ3) is 5.35. The molecule has 1 amide bonds. The summed E-state index contributed by atoms with van der Waals surface area (Å²) >= 11 is 2.74. The zero-order chi connectivity index (χ0) is 22.3. The molecule has 32 heavy (non-hydrogen) atoms. The van der Waals surface area contributed by atoms with Crippen molar-refractivity contribution < 1.29 is 19.1 Å². The molecule has 7 nitrogen and oxygen atoms in total. The minimum Gasteiger partial charge on any atom is -0.497 e. The molecule has 0 fully saturated rings. The monoisotopic (exact) mass is 467 g/mol. The summed E-state index contributed by atoms with van der Waals surface area (Å²) in [6.07, 6.45) is 2.24. The minimum atomic E-state index is -0.467. The molecule has 1 aliphatic rings. The summed E-state index contributed by atoms with van der Waals surface area (Å²) in [5.74, 6) is -0.00263. The average molecular weight is 468 g/mol. The number of carbonyl (C=O) groups excluding carboxylic acids is 2. The highest BCUT2D eigenvalue weighted by Gasteiger charge is 2.33. The second kappa shape index (κ2) is 10.4. The van der Waals surface area contributed by atoms with Gasteiger partial charge >= 0.3 is 5.97 Å². The number of carbonyl (C=O) groups is 2. The van der Waals surface area contributed by atoms with Gasteiger partial charge in [0.2, 0.25) is 0 Å². The van der Waals surface area contributed by atoms with E-state index in [1.807, 2.05) is 60.0 Å². The van der Waals surface area contributed by atoms with Gasteiger partial charge in [0.1, 0.15) is 10.1 Å². The van der Waals surface area contributed by atoms with Crippen molar-refractivity contribution in [3.05, 3.63) is 77.3 Å². The van der Waals surface area contributed by atoms with Gasteiger partial charge in [-0.3, -0.25) is 9.59 Å². The Bertz CT molecular complexity index is 1090. The molecule has 2 aromatic carbocycles. The molecular weight excluding hydrogens is 446 g/mol. The Morgan fingerprint density at radius 3 is 2.62 bits per heavy atom. The molecule has 0 bridgehead atoms. The summed E-state index contributed by atoms with van der Waals surface area (Å²) in [4.78, 5) is 29.2. The first-order valence-corrected chi connectivity index (χ1v) is 11.8. The highest BCUT2D eigenvalue weighted by Crippen LogP contribution is 2.33. The number of methoxy groups -OCH3 is 1. The van der Waals surface area contributed by atoms with Crippen molar-refractivity contribution in [1.82, 2.24) is 9.99 Å². The standard InChI is InChI=1S/C23H21N3O4S2/c1-29-18-9-7-17(8-10-18)20-13-19(16-5-3-2-4-6-16)25-26(20)21(27)14-30-22(28)15-32-23-24-11-12-31-23/h2-12,20H,13-15H2,1H3/t20-/m0/s1. The molecule has 3 aromatic rings. The summed E-state index contributed by atoms with van der Waals surface area (Å²) in [6.45, 7) is -0.366. The van der Waals surface area contributed by atoms with Gasteiger partial charge in [-0.1, -0.05) is 54.2 Å². The normalized spacial score (nSPS) is 15.3. The maximum atomic E-state index is 13.0. The van der Waals surface area contributed by atoms with Crippen molar-refractivity contribution in [3.63, 3.8) is 0 Å². The molecule has 0 aliphatic carbocycles. The van der Waals surface area contributed by atoms with Crippen LogP contribution in [-0.4, -0.2) is 47.1 Å². The van der Waals surface area contributed by atoms with E-state index in [9.17, 15) is 9.59 Å². The van der Waals surface area contributed by atoms with Crippen molar-refractivity contribution in [3.8, 4) is 5.75 Å². The fourth-order valence-corrected chi connectivity index (χ4v) is 4.72. The van der Waals surface area contributed by atoms with Crippen LogP contribution in [0.2, 0.25) is 0 Å². The number of amides is 1. The van der Waals surface area contributed by atoms with Gasteiger partial charge in [-0.25, -0.2) is 9.99 Å². The predicted octanol–water partition coefficient (Wildman–Crippen LogP) is 4.16. The first kappa shape index (κ1) is 22.0. The second-order valence-corrected chi connectivity index (χ2v) is 9.01. The van der Waals surface area contributed by atoms with Crippen LogP contribution in [0, 0.1) is 0 Å². The van der Waals surface area contributed by atoms with Crippen molar-refractivity contribution in [2.24, 2.45) is 5.10 Å². The van der Waals surface area contributed by atoms with Crippen molar-refractivity contribution in [2.45, 2.75) is 16.8 Å². The third-order valence-electron chi connectivity index (χ3n) is 4.85. The van der Waals surface area contributed by atoms with E-state index in [1.54, 1.807) is 13.3 Å². The number of hydrogen-bond donors (Lipinski definition) is 0. The van der Waals surface area contributed by atoms with Crippen LogP contribution in [0.25, 0.3) is 0 Å². The molecule has 0 N–H and O–H groups in total. The maximum absolute atomic E-state index is 13.0. The van der Waals surface area contributed by atoms with E-state index in [2.05, 4.69) is 10.1 Å². The lowest BCUT2D eigenvalue weighted by molar-refractivity contribution is -0.150. The van der Waals surface area contributed by atoms with Gasteiger partial charge in [0.05, 0.1) is 24.6 Å². The molecule has 0 saturated carbocycles. The maximum Gasteiger partial charge on any atom is 0.316 e. The molecule has 9 heteroatoms. The van der Waals surface area contributed by atoms with Crippen LogP contribution in [-0.2, 0) is 14.3 Å². The number of benzene rings is 2. The fraction of sp³-hybridized carbons (Fsp3) is 0.217. The Hall–Kier alpha value is -3.17. The minimum absolute atomic E-state index is 0.0984. The van der Waals surface area contributed by atoms with Crippen LogP contribution in [0.5, 0.6) is 5.75 Å². The summed E-state index contributed by atoms with van der Waals surface area (Å²) < 4.78 is 11.2. The Kier molecular flexibility index (Phi) is 7.18. The number of ether oxygens (including phenoxy) is 2. The van der Waals surface area contributed by atoms with Gasteiger partial charge in [-0.2, -0.15) is 5.10 Å². The van der Waals surface area contributed by atoms with E-state index in [0.717, 1.165) is 26.9 Å². The van der Waals surface area contributed by atoms with Crippen molar-refractivity contribution in [2.75, 3.05) is 19.5 Å². The smallest absolute Gasteiger partial charge is 0.316 e. The van der Waals surface area contributed by atoms with E-state index in [-0.39, 0.29) is 24.3 Å². The first-order chi connectivity index (χ1) is 15.6. The summed E-state index contributed by atoms with van der Waals surface area (Å²) in [6, 6.07) is 17.0. The number of nitrogens with zero attached hydrogens (tertiary/aromatic N) is 3. The fourth-order valence-electron chi connectivity index (χ4n) is 3.28.